The smallest absolute Gasteiger partial charge is 0.237 e. The van der Waals surface area contributed by atoms with Crippen LogP contribution in [0.2, 0.25) is 0 Å². The maximum atomic E-state index is 11.4. The fourth-order valence-electron chi connectivity index (χ4n) is 1.40. The molecule has 3 nitrogen and oxygen atoms in total. The molecule has 3 heteroatoms. The highest BCUT2D eigenvalue weighted by atomic mass is 16.2. The van der Waals surface area contributed by atoms with Gasteiger partial charge in [0.05, 0.1) is 6.04 Å². The second-order valence-corrected chi connectivity index (χ2v) is 3.66. The third kappa shape index (κ3) is 4.28. The van der Waals surface area contributed by atoms with Crippen LogP contribution in [-0.4, -0.2) is 18.5 Å². The molecule has 1 rings (SSSR count). The van der Waals surface area contributed by atoms with Gasteiger partial charge in [-0.2, -0.15) is 0 Å². The Labute approximate surface area is 96.3 Å². The van der Waals surface area contributed by atoms with Gasteiger partial charge in [-0.1, -0.05) is 36.4 Å². The lowest BCUT2D eigenvalue weighted by Gasteiger charge is -2.10. The van der Waals surface area contributed by atoms with Gasteiger partial charge in [-0.05, 0) is 18.4 Å². The first-order valence-electron chi connectivity index (χ1n) is 5.42. The minimum absolute atomic E-state index is 0.115. The zero-order chi connectivity index (χ0) is 11.8. The quantitative estimate of drug-likeness (QED) is 0.706. The third-order valence-electron chi connectivity index (χ3n) is 2.34. The predicted octanol–water partition coefficient (Wildman–Crippen LogP) is 1.25. The Kier molecular flexibility index (Phi) is 5.29. The molecule has 0 aliphatic rings. The number of aryl methyl sites for hydroxylation is 1. The third-order valence-corrected chi connectivity index (χ3v) is 2.34. The summed E-state index contributed by atoms with van der Waals surface area (Å²) in [6, 6.07) is 9.57. The van der Waals surface area contributed by atoms with Crippen LogP contribution in [0, 0.1) is 0 Å². The molecule has 0 aliphatic heterocycles. The second kappa shape index (κ2) is 6.80. The maximum Gasteiger partial charge on any atom is 0.237 e. The summed E-state index contributed by atoms with van der Waals surface area (Å²) in [6.07, 6.45) is 3.12. The van der Waals surface area contributed by atoms with Crippen LogP contribution in [0.3, 0.4) is 0 Å². The van der Waals surface area contributed by atoms with Crippen LogP contribution in [0.25, 0.3) is 0 Å². The normalized spacial score (nSPS) is 11.8. The van der Waals surface area contributed by atoms with E-state index < -0.39 is 6.04 Å². The van der Waals surface area contributed by atoms with Crippen LogP contribution in [-0.2, 0) is 11.2 Å². The van der Waals surface area contributed by atoms with Crippen molar-refractivity contribution in [3.63, 3.8) is 0 Å². The number of benzene rings is 1. The van der Waals surface area contributed by atoms with Crippen molar-refractivity contribution in [3.05, 3.63) is 48.6 Å². The van der Waals surface area contributed by atoms with Gasteiger partial charge in [-0.15, -0.1) is 6.58 Å². The minimum atomic E-state index is -0.444. The van der Waals surface area contributed by atoms with Crippen molar-refractivity contribution in [1.82, 2.24) is 5.32 Å². The molecule has 0 fully saturated rings. The summed E-state index contributed by atoms with van der Waals surface area (Å²) in [5.74, 6) is -0.115. The number of carbonyl (C=O) groups is 1. The number of carbonyl (C=O) groups excluding carboxylic acids is 1. The Bertz CT molecular complexity index is 335. The maximum absolute atomic E-state index is 11.4. The summed E-state index contributed by atoms with van der Waals surface area (Å²) in [6.45, 7) is 4.00. The monoisotopic (exact) mass is 218 g/mol. The standard InChI is InChI=1S/C13H18N2O/c1-2-10-15-13(16)12(14)9-8-11-6-4-3-5-7-11/h2-7,12H,1,8-10,14H2,(H,15,16). The van der Waals surface area contributed by atoms with E-state index in [4.69, 9.17) is 5.73 Å². The van der Waals surface area contributed by atoms with Gasteiger partial charge in [0.25, 0.3) is 0 Å². The summed E-state index contributed by atoms with van der Waals surface area (Å²) in [5.41, 5.74) is 6.96. The van der Waals surface area contributed by atoms with E-state index in [0.29, 0.717) is 13.0 Å². The van der Waals surface area contributed by atoms with E-state index in [1.165, 1.54) is 5.56 Å². The first-order valence-corrected chi connectivity index (χ1v) is 5.42. The average molecular weight is 218 g/mol. The number of nitrogens with one attached hydrogen (secondary N) is 1. The van der Waals surface area contributed by atoms with Crippen molar-refractivity contribution < 1.29 is 4.79 Å². The molecule has 1 aromatic rings. The van der Waals surface area contributed by atoms with Crippen molar-refractivity contribution in [1.29, 1.82) is 0 Å². The van der Waals surface area contributed by atoms with E-state index >= 15 is 0 Å². The molecular formula is C13H18N2O. The second-order valence-electron chi connectivity index (χ2n) is 3.66. The predicted molar refractivity (Wildman–Crippen MR) is 65.9 cm³/mol. The first-order chi connectivity index (χ1) is 7.74. The summed E-state index contributed by atoms with van der Waals surface area (Å²) >= 11 is 0. The molecule has 86 valence electrons. The van der Waals surface area contributed by atoms with Crippen LogP contribution in [0.1, 0.15) is 12.0 Å². The van der Waals surface area contributed by atoms with Gasteiger partial charge in [0.15, 0.2) is 0 Å². The van der Waals surface area contributed by atoms with Gasteiger partial charge in [0.2, 0.25) is 5.91 Å². The molecule has 3 N–H and O–H groups in total. The zero-order valence-electron chi connectivity index (χ0n) is 9.36. The van der Waals surface area contributed by atoms with Crippen molar-refractivity contribution >= 4 is 5.91 Å². The van der Waals surface area contributed by atoms with E-state index in [1.807, 2.05) is 30.3 Å². The molecule has 1 amide bonds. The first kappa shape index (κ1) is 12.5. The lowest BCUT2D eigenvalue weighted by Crippen LogP contribution is -2.40. The molecular weight excluding hydrogens is 200 g/mol. The Balaban J connectivity index is 2.32. The van der Waals surface area contributed by atoms with Gasteiger partial charge in [-0.3, -0.25) is 4.79 Å². The van der Waals surface area contributed by atoms with Gasteiger partial charge >= 0.3 is 0 Å². The Morgan fingerprint density at radius 1 is 1.44 bits per heavy atom. The molecule has 0 saturated carbocycles. The van der Waals surface area contributed by atoms with E-state index in [1.54, 1.807) is 6.08 Å². The molecule has 0 saturated heterocycles. The van der Waals surface area contributed by atoms with E-state index in [2.05, 4.69) is 11.9 Å². The number of hydrogen-bond donors (Lipinski definition) is 2. The SMILES string of the molecule is C=CCNC(=O)C(N)CCc1ccccc1. The Morgan fingerprint density at radius 3 is 2.75 bits per heavy atom. The zero-order valence-corrected chi connectivity index (χ0v) is 9.36. The van der Waals surface area contributed by atoms with Gasteiger partial charge in [0.1, 0.15) is 0 Å². The highest BCUT2D eigenvalue weighted by Gasteiger charge is 2.11. The van der Waals surface area contributed by atoms with E-state index in [-0.39, 0.29) is 5.91 Å². The van der Waals surface area contributed by atoms with Gasteiger partial charge in [0, 0.05) is 6.54 Å². The summed E-state index contributed by atoms with van der Waals surface area (Å²) in [7, 11) is 0. The van der Waals surface area contributed by atoms with Gasteiger partial charge in [-0.25, -0.2) is 0 Å². The molecule has 0 radical (unpaired) electrons. The molecule has 0 heterocycles. The molecule has 0 spiro atoms. The molecule has 16 heavy (non-hydrogen) atoms. The number of nitrogens with two attached hydrogens (primary N) is 1. The number of rotatable bonds is 6. The van der Waals surface area contributed by atoms with Crippen LogP contribution in [0.5, 0.6) is 0 Å². The van der Waals surface area contributed by atoms with Crippen molar-refractivity contribution in [3.8, 4) is 0 Å². The molecule has 0 aliphatic carbocycles. The molecule has 1 atom stereocenters. The number of amides is 1. The largest absolute Gasteiger partial charge is 0.351 e. The minimum Gasteiger partial charge on any atom is -0.351 e. The molecule has 0 aromatic heterocycles. The van der Waals surface area contributed by atoms with E-state index in [9.17, 15) is 4.79 Å². The Hall–Kier alpha value is -1.61. The van der Waals surface area contributed by atoms with Crippen molar-refractivity contribution in [2.24, 2.45) is 5.73 Å². The fourth-order valence-corrected chi connectivity index (χ4v) is 1.40. The summed E-state index contributed by atoms with van der Waals surface area (Å²) in [4.78, 5) is 11.4. The van der Waals surface area contributed by atoms with E-state index in [0.717, 1.165) is 6.42 Å². The molecule has 1 aromatic carbocycles. The molecule has 1 unspecified atom stereocenters. The Morgan fingerprint density at radius 2 is 2.12 bits per heavy atom. The lowest BCUT2D eigenvalue weighted by atomic mass is 10.1. The number of hydrogen-bond acceptors (Lipinski definition) is 2. The van der Waals surface area contributed by atoms with Crippen LogP contribution in [0.15, 0.2) is 43.0 Å². The highest BCUT2D eigenvalue weighted by molar-refractivity contribution is 5.81. The van der Waals surface area contributed by atoms with Crippen molar-refractivity contribution in [2.75, 3.05) is 6.54 Å². The van der Waals surface area contributed by atoms with Crippen LogP contribution < -0.4 is 11.1 Å². The fraction of sp³-hybridized carbons (Fsp3) is 0.308. The highest BCUT2D eigenvalue weighted by Crippen LogP contribution is 2.03. The molecule has 0 bridgehead atoms. The van der Waals surface area contributed by atoms with Gasteiger partial charge < -0.3 is 11.1 Å². The van der Waals surface area contributed by atoms with Crippen molar-refractivity contribution in [2.45, 2.75) is 18.9 Å². The summed E-state index contributed by atoms with van der Waals surface area (Å²) < 4.78 is 0. The topological polar surface area (TPSA) is 55.1 Å². The summed E-state index contributed by atoms with van der Waals surface area (Å²) in [5, 5.41) is 2.69. The van der Waals surface area contributed by atoms with Crippen LogP contribution in [0.4, 0.5) is 0 Å². The van der Waals surface area contributed by atoms with Crippen LogP contribution >= 0.6 is 0 Å². The lowest BCUT2D eigenvalue weighted by molar-refractivity contribution is -0.122. The average Bonchev–Trinajstić information content (AvgIpc) is 2.34.